The van der Waals surface area contributed by atoms with Gasteiger partial charge in [-0.1, -0.05) is 36.7 Å². The molecule has 0 spiro atoms. The van der Waals surface area contributed by atoms with Crippen LogP contribution in [-0.4, -0.2) is 25.5 Å². The Bertz CT molecular complexity index is 871. The van der Waals surface area contributed by atoms with Gasteiger partial charge in [0.1, 0.15) is 0 Å². The average Bonchev–Trinajstić information content (AvgIpc) is 3.51. The van der Waals surface area contributed by atoms with Crippen molar-refractivity contribution in [3.05, 3.63) is 58.6 Å². The van der Waals surface area contributed by atoms with E-state index in [1.54, 1.807) is 18.2 Å². The van der Waals surface area contributed by atoms with Crippen molar-refractivity contribution >= 4 is 23.4 Å². The van der Waals surface area contributed by atoms with E-state index in [9.17, 15) is 9.59 Å². The van der Waals surface area contributed by atoms with Gasteiger partial charge in [0, 0.05) is 16.5 Å². The number of hydrogen-bond donors (Lipinski definition) is 2. The van der Waals surface area contributed by atoms with Crippen LogP contribution >= 0.6 is 11.6 Å². The number of hydrogen-bond acceptors (Lipinski definition) is 4. The van der Waals surface area contributed by atoms with E-state index in [4.69, 9.17) is 21.1 Å². The van der Waals surface area contributed by atoms with Crippen molar-refractivity contribution in [2.45, 2.75) is 25.7 Å². The Labute approximate surface area is 169 Å². The maximum atomic E-state index is 12.3. The molecule has 2 aromatic rings. The number of benzene rings is 2. The molecule has 2 N–H and O–H groups in total. The Morgan fingerprint density at radius 2 is 1.93 bits per heavy atom. The first-order valence-electron chi connectivity index (χ1n) is 9.20. The lowest BCUT2D eigenvalue weighted by Crippen LogP contribution is -2.42. The van der Waals surface area contributed by atoms with E-state index < -0.39 is 5.91 Å². The summed E-state index contributed by atoms with van der Waals surface area (Å²) >= 11 is 6.19. The van der Waals surface area contributed by atoms with E-state index in [2.05, 4.69) is 10.9 Å². The molecule has 2 atom stereocenters. The second-order valence-corrected chi connectivity index (χ2v) is 7.03. The molecule has 0 aliphatic heterocycles. The summed E-state index contributed by atoms with van der Waals surface area (Å²) in [4.78, 5) is 24.7. The minimum atomic E-state index is -0.427. The molecule has 1 fully saturated rings. The van der Waals surface area contributed by atoms with Crippen LogP contribution in [0.3, 0.4) is 0 Å². The molecule has 2 amide bonds. The third kappa shape index (κ3) is 4.57. The molecule has 2 aromatic carbocycles. The van der Waals surface area contributed by atoms with Crippen molar-refractivity contribution in [3.8, 4) is 11.5 Å². The highest BCUT2D eigenvalue weighted by Gasteiger charge is 2.44. The van der Waals surface area contributed by atoms with Gasteiger partial charge in [-0.05, 0) is 48.6 Å². The lowest BCUT2D eigenvalue weighted by atomic mass is 10.1. The lowest BCUT2D eigenvalue weighted by molar-refractivity contribution is -0.123. The number of carbonyl (C=O) groups is 2. The van der Waals surface area contributed by atoms with Crippen LogP contribution in [0.15, 0.2) is 42.5 Å². The lowest BCUT2D eigenvalue weighted by Gasteiger charge is -2.12. The highest BCUT2D eigenvalue weighted by Crippen LogP contribution is 2.49. The van der Waals surface area contributed by atoms with Crippen molar-refractivity contribution in [2.24, 2.45) is 5.92 Å². The second kappa shape index (κ2) is 8.97. The molecular formula is C21H23ClN2O4. The zero-order chi connectivity index (χ0) is 20.1. The van der Waals surface area contributed by atoms with Gasteiger partial charge >= 0.3 is 0 Å². The highest BCUT2D eigenvalue weighted by atomic mass is 35.5. The van der Waals surface area contributed by atoms with E-state index in [0.29, 0.717) is 35.1 Å². The van der Waals surface area contributed by atoms with Gasteiger partial charge in [0.2, 0.25) is 5.91 Å². The number of hydrazine groups is 1. The number of rotatable bonds is 7. The van der Waals surface area contributed by atoms with Gasteiger partial charge in [-0.2, -0.15) is 0 Å². The molecule has 0 saturated heterocycles. The fourth-order valence-corrected chi connectivity index (χ4v) is 3.30. The minimum absolute atomic E-state index is 0.0840. The average molecular weight is 403 g/mol. The number of nitrogens with one attached hydrogen (secondary N) is 2. The number of halogens is 1. The summed E-state index contributed by atoms with van der Waals surface area (Å²) in [6.45, 7) is 2.57. The molecule has 1 aliphatic rings. The molecule has 1 saturated carbocycles. The topological polar surface area (TPSA) is 76.7 Å². The van der Waals surface area contributed by atoms with Gasteiger partial charge in [-0.25, -0.2) is 0 Å². The molecule has 0 radical (unpaired) electrons. The highest BCUT2D eigenvalue weighted by molar-refractivity contribution is 6.31. The molecule has 1 aliphatic carbocycles. The molecule has 3 rings (SSSR count). The number of carbonyl (C=O) groups excluding carboxylic acids is 2. The summed E-state index contributed by atoms with van der Waals surface area (Å²) in [6.07, 6.45) is 1.58. The number of ether oxygens (including phenoxy) is 2. The first kappa shape index (κ1) is 20.0. The third-order valence-corrected chi connectivity index (χ3v) is 4.96. The Balaban J connectivity index is 1.56. The van der Waals surface area contributed by atoms with Crippen molar-refractivity contribution in [3.63, 3.8) is 0 Å². The van der Waals surface area contributed by atoms with Crippen LogP contribution in [0.25, 0.3) is 0 Å². The molecular weight excluding hydrogens is 380 g/mol. The molecule has 6 nitrogen and oxygen atoms in total. The van der Waals surface area contributed by atoms with Crippen LogP contribution in [0, 0.1) is 5.92 Å². The second-order valence-electron chi connectivity index (χ2n) is 6.63. The van der Waals surface area contributed by atoms with Gasteiger partial charge in [-0.15, -0.1) is 0 Å². The van der Waals surface area contributed by atoms with Crippen molar-refractivity contribution in [1.29, 1.82) is 0 Å². The van der Waals surface area contributed by atoms with Gasteiger partial charge in [-0.3, -0.25) is 20.4 Å². The maximum absolute atomic E-state index is 12.3. The van der Waals surface area contributed by atoms with E-state index >= 15 is 0 Å². The van der Waals surface area contributed by atoms with Gasteiger partial charge < -0.3 is 9.47 Å². The van der Waals surface area contributed by atoms with Crippen LogP contribution in [0.4, 0.5) is 0 Å². The van der Waals surface area contributed by atoms with Crippen LogP contribution < -0.4 is 20.3 Å². The fraction of sp³-hybridized carbons (Fsp3) is 0.333. The fourth-order valence-electron chi connectivity index (χ4n) is 3.03. The van der Waals surface area contributed by atoms with Crippen molar-refractivity contribution in [2.75, 3.05) is 13.7 Å². The van der Waals surface area contributed by atoms with E-state index in [0.717, 1.165) is 12.0 Å². The summed E-state index contributed by atoms with van der Waals surface area (Å²) in [6, 6.07) is 12.4. The molecule has 28 heavy (non-hydrogen) atoms. The van der Waals surface area contributed by atoms with Gasteiger partial charge in [0.25, 0.3) is 5.91 Å². The molecule has 2 unspecified atom stereocenters. The smallest absolute Gasteiger partial charge is 0.269 e. The quantitative estimate of drug-likeness (QED) is 0.692. The predicted octanol–water partition coefficient (Wildman–Crippen LogP) is 3.70. The Kier molecular flexibility index (Phi) is 6.41. The predicted molar refractivity (Wildman–Crippen MR) is 107 cm³/mol. The molecule has 7 heteroatoms. The Hall–Kier alpha value is -2.73. The number of amides is 2. The standard InChI is InChI=1S/C21H23ClN2O4/c1-3-10-28-18-9-8-13(11-19(18)27-2)20(25)23-24-21(26)16-12-15(16)14-6-4-5-7-17(14)22/h4-9,11,15-16H,3,10,12H2,1-2H3,(H,23,25)(H,24,26). The summed E-state index contributed by atoms with van der Waals surface area (Å²) in [5.41, 5.74) is 6.27. The van der Waals surface area contributed by atoms with Gasteiger partial charge in [0.05, 0.1) is 13.7 Å². The zero-order valence-corrected chi connectivity index (χ0v) is 16.6. The summed E-state index contributed by atoms with van der Waals surface area (Å²) < 4.78 is 10.9. The van der Waals surface area contributed by atoms with Crippen LogP contribution in [-0.2, 0) is 4.79 Å². The summed E-state index contributed by atoms with van der Waals surface area (Å²) in [7, 11) is 1.51. The van der Waals surface area contributed by atoms with E-state index in [-0.39, 0.29) is 17.7 Å². The largest absolute Gasteiger partial charge is 0.493 e. The van der Waals surface area contributed by atoms with Gasteiger partial charge in [0.15, 0.2) is 11.5 Å². The monoisotopic (exact) mass is 402 g/mol. The maximum Gasteiger partial charge on any atom is 0.269 e. The summed E-state index contributed by atoms with van der Waals surface area (Å²) in [5.74, 6) is 0.274. The normalized spacial score (nSPS) is 17.5. The SMILES string of the molecule is CCCOc1ccc(C(=O)NNC(=O)C2CC2c2ccccc2Cl)cc1OC. The van der Waals surface area contributed by atoms with Crippen LogP contribution in [0.5, 0.6) is 11.5 Å². The number of methoxy groups -OCH3 is 1. The van der Waals surface area contributed by atoms with Crippen LogP contribution in [0.2, 0.25) is 5.02 Å². The first-order chi connectivity index (χ1) is 13.5. The molecule has 0 heterocycles. The molecule has 148 valence electrons. The van der Waals surface area contributed by atoms with Crippen molar-refractivity contribution in [1.82, 2.24) is 10.9 Å². The summed E-state index contributed by atoms with van der Waals surface area (Å²) in [5, 5.41) is 0.657. The van der Waals surface area contributed by atoms with Crippen molar-refractivity contribution < 1.29 is 19.1 Å². The zero-order valence-electron chi connectivity index (χ0n) is 15.8. The third-order valence-electron chi connectivity index (χ3n) is 4.62. The molecule has 0 bridgehead atoms. The van der Waals surface area contributed by atoms with E-state index in [1.165, 1.54) is 7.11 Å². The first-order valence-corrected chi connectivity index (χ1v) is 9.58. The molecule has 0 aromatic heterocycles. The Morgan fingerprint density at radius 3 is 2.64 bits per heavy atom. The Morgan fingerprint density at radius 1 is 1.14 bits per heavy atom. The minimum Gasteiger partial charge on any atom is -0.493 e. The van der Waals surface area contributed by atoms with Crippen LogP contribution in [0.1, 0.15) is 41.6 Å². The van der Waals surface area contributed by atoms with E-state index in [1.807, 2.05) is 31.2 Å².